The number of anilines is 1. The topological polar surface area (TPSA) is 71.1 Å². The second-order valence-corrected chi connectivity index (χ2v) is 7.02. The van der Waals surface area contributed by atoms with Gasteiger partial charge in [0.2, 0.25) is 0 Å². The maximum atomic E-state index is 12.5. The van der Waals surface area contributed by atoms with Gasteiger partial charge in [0.05, 0.1) is 14.2 Å². The van der Waals surface area contributed by atoms with Crippen molar-refractivity contribution >= 4 is 17.5 Å². The Morgan fingerprint density at radius 2 is 1.59 bits per heavy atom. The summed E-state index contributed by atoms with van der Waals surface area (Å²) in [4.78, 5) is 28.0. The highest BCUT2D eigenvalue weighted by Crippen LogP contribution is 2.28. The number of Topliss-reactive ketones (excluding diaryl/α,β-unsaturated/α-hetero) is 1. The van der Waals surface area contributed by atoms with Gasteiger partial charge in [-0.2, -0.15) is 0 Å². The van der Waals surface area contributed by atoms with E-state index in [0.717, 1.165) is 30.9 Å². The smallest absolute Gasteiger partial charge is 0.321 e. The van der Waals surface area contributed by atoms with Gasteiger partial charge in [-0.3, -0.25) is 9.69 Å². The molecule has 1 saturated heterocycles. The maximum Gasteiger partial charge on any atom is 0.321 e. The molecule has 1 N–H and O–H groups in total. The zero-order valence-electron chi connectivity index (χ0n) is 17.1. The summed E-state index contributed by atoms with van der Waals surface area (Å²) >= 11 is 0. The van der Waals surface area contributed by atoms with Crippen LogP contribution in [0.1, 0.15) is 22.8 Å². The van der Waals surface area contributed by atoms with Gasteiger partial charge in [-0.05, 0) is 48.9 Å². The molecule has 1 aliphatic heterocycles. The molecule has 0 aliphatic carbocycles. The minimum absolute atomic E-state index is 0.00785. The van der Waals surface area contributed by atoms with Crippen LogP contribution in [0.15, 0.2) is 42.5 Å². The summed E-state index contributed by atoms with van der Waals surface area (Å²) in [6.45, 7) is 5.22. The van der Waals surface area contributed by atoms with Gasteiger partial charge in [0, 0.05) is 44.0 Å². The van der Waals surface area contributed by atoms with Crippen LogP contribution in [0.2, 0.25) is 0 Å². The first-order valence-electron chi connectivity index (χ1n) is 9.60. The van der Waals surface area contributed by atoms with Crippen molar-refractivity contribution in [3.8, 4) is 11.5 Å². The third-order valence-corrected chi connectivity index (χ3v) is 5.06. The molecule has 1 heterocycles. The van der Waals surface area contributed by atoms with E-state index in [9.17, 15) is 9.59 Å². The lowest BCUT2D eigenvalue weighted by Gasteiger charge is -2.34. The van der Waals surface area contributed by atoms with E-state index in [4.69, 9.17) is 9.47 Å². The van der Waals surface area contributed by atoms with Gasteiger partial charge >= 0.3 is 6.03 Å². The Morgan fingerprint density at radius 1 is 0.931 bits per heavy atom. The molecule has 7 nitrogen and oxygen atoms in total. The molecule has 2 aromatic rings. The summed E-state index contributed by atoms with van der Waals surface area (Å²) in [7, 11) is 3.26. The molecule has 0 radical (unpaired) electrons. The van der Waals surface area contributed by atoms with Crippen LogP contribution in [-0.4, -0.2) is 62.0 Å². The molecule has 1 fully saturated rings. The number of benzene rings is 2. The van der Waals surface area contributed by atoms with E-state index in [-0.39, 0.29) is 11.8 Å². The number of hydrogen-bond acceptors (Lipinski definition) is 5. The van der Waals surface area contributed by atoms with E-state index in [1.165, 1.54) is 6.92 Å². The summed E-state index contributed by atoms with van der Waals surface area (Å²) in [5.74, 6) is 1.45. The lowest BCUT2D eigenvalue weighted by Crippen LogP contribution is -2.49. The van der Waals surface area contributed by atoms with Crippen LogP contribution in [0.4, 0.5) is 10.5 Å². The Labute approximate surface area is 171 Å². The quantitative estimate of drug-likeness (QED) is 0.758. The Hall–Kier alpha value is -3.06. The van der Waals surface area contributed by atoms with Crippen molar-refractivity contribution in [2.45, 2.75) is 13.5 Å². The lowest BCUT2D eigenvalue weighted by atomic mass is 10.1. The molecule has 7 heteroatoms. The Kier molecular flexibility index (Phi) is 6.72. The van der Waals surface area contributed by atoms with Gasteiger partial charge in [-0.1, -0.05) is 6.07 Å². The summed E-state index contributed by atoms with van der Waals surface area (Å²) in [5.41, 5.74) is 2.46. The second-order valence-electron chi connectivity index (χ2n) is 7.02. The number of rotatable bonds is 6. The predicted molar refractivity (Wildman–Crippen MR) is 112 cm³/mol. The predicted octanol–water partition coefficient (Wildman–Crippen LogP) is 3.26. The number of carbonyl (C=O) groups is 2. The zero-order chi connectivity index (χ0) is 20.8. The first-order chi connectivity index (χ1) is 14.0. The van der Waals surface area contributed by atoms with Gasteiger partial charge in [0.15, 0.2) is 17.3 Å². The highest BCUT2D eigenvalue weighted by atomic mass is 16.5. The van der Waals surface area contributed by atoms with Gasteiger partial charge in [-0.25, -0.2) is 4.79 Å². The monoisotopic (exact) mass is 397 g/mol. The number of ketones is 1. The van der Waals surface area contributed by atoms with Crippen molar-refractivity contribution in [2.24, 2.45) is 0 Å². The maximum absolute atomic E-state index is 12.5. The number of nitrogens with zero attached hydrogens (tertiary/aromatic N) is 2. The molecule has 1 aliphatic rings. The van der Waals surface area contributed by atoms with E-state index in [1.54, 1.807) is 38.5 Å². The van der Waals surface area contributed by atoms with E-state index < -0.39 is 0 Å². The van der Waals surface area contributed by atoms with Crippen LogP contribution in [0, 0.1) is 0 Å². The molecule has 154 valence electrons. The molecule has 2 aromatic carbocycles. The van der Waals surface area contributed by atoms with Gasteiger partial charge in [0.25, 0.3) is 0 Å². The summed E-state index contributed by atoms with van der Waals surface area (Å²) in [5, 5.41) is 2.90. The van der Waals surface area contributed by atoms with Gasteiger partial charge < -0.3 is 19.7 Å². The number of hydrogen-bond donors (Lipinski definition) is 1. The molecule has 0 atom stereocenters. The molecular formula is C22H27N3O4. The molecule has 2 amide bonds. The first kappa shape index (κ1) is 20.7. The van der Waals surface area contributed by atoms with E-state index in [1.807, 2.05) is 23.1 Å². The van der Waals surface area contributed by atoms with Gasteiger partial charge in [-0.15, -0.1) is 0 Å². The average molecular weight is 397 g/mol. The number of nitrogens with one attached hydrogen (secondary N) is 1. The van der Waals surface area contributed by atoms with Crippen molar-refractivity contribution in [3.63, 3.8) is 0 Å². The lowest BCUT2D eigenvalue weighted by molar-refractivity contribution is 0.101. The molecule has 29 heavy (non-hydrogen) atoms. The van der Waals surface area contributed by atoms with E-state index in [0.29, 0.717) is 30.1 Å². The number of methoxy groups -OCH3 is 2. The minimum atomic E-state index is -0.119. The summed E-state index contributed by atoms with van der Waals surface area (Å²) < 4.78 is 10.7. The van der Waals surface area contributed by atoms with Crippen LogP contribution in [-0.2, 0) is 6.54 Å². The number of carbonyl (C=O) groups excluding carboxylic acids is 2. The molecule has 0 aromatic heterocycles. The molecule has 0 saturated carbocycles. The molecule has 3 rings (SSSR count). The van der Waals surface area contributed by atoms with Crippen LogP contribution < -0.4 is 14.8 Å². The van der Waals surface area contributed by atoms with Crippen LogP contribution in [0.25, 0.3) is 0 Å². The van der Waals surface area contributed by atoms with Crippen LogP contribution >= 0.6 is 0 Å². The summed E-state index contributed by atoms with van der Waals surface area (Å²) in [6, 6.07) is 12.8. The fourth-order valence-corrected chi connectivity index (χ4v) is 3.34. The standard InChI is InChI=1S/C22H27N3O4/c1-16(26)18-5-7-19(8-6-18)23-22(27)25-12-10-24(11-13-25)15-17-4-9-20(28-2)21(14-17)29-3/h4-9,14H,10-13,15H2,1-3H3,(H,23,27). The molecule has 0 bridgehead atoms. The number of ether oxygens (including phenoxy) is 2. The fraction of sp³-hybridized carbons (Fsp3) is 0.364. The zero-order valence-corrected chi connectivity index (χ0v) is 17.1. The van der Waals surface area contributed by atoms with Crippen LogP contribution in [0.3, 0.4) is 0 Å². The third-order valence-electron chi connectivity index (χ3n) is 5.06. The summed E-state index contributed by atoms with van der Waals surface area (Å²) in [6.07, 6.45) is 0. The van der Waals surface area contributed by atoms with Crippen LogP contribution in [0.5, 0.6) is 11.5 Å². The van der Waals surface area contributed by atoms with Crippen molar-refractivity contribution in [1.29, 1.82) is 0 Å². The third kappa shape index (κ3) is 5.26. The Bertz CT molecular complexity index is 859. The Morgan fingerprint density at radius 3 is 2.17 bits per heavy atom. The van der Waals surface area contributed by atoms with Crippen molar-refractivity contribution in [3.05, 3.63) is 53.6 Å². The van der Waals surface area contributed by atoms with Crippen molar-refractivity contribution in [1.82, 2.24) is 9.80 Å². The highest BCUT2D eigenvalue weighted by molar-refractivity contribution is 5.95. The van der Waals surface area contributed by atoms with E-state index >= 15 is 0 Å². The SMILES string of the molecule is COc1ccc(CN2CCN(C(=O)Nc3ccc(C(C)=O)cc3)CC2)cc1OC. The molecular weight excluding hydrogens is 370 g/mol. The largest absolute Gasteiger partial charge is 0.493 e. The number of piperazine rings is 1. The fourth-order valence-electron chi connectivity index (χ4n) is 3.34. The minimum Gasteiger partial charge on any atom is -0.493 e. The number of amides is 2. The molecule has 0 unspecified atom stereocenters. The van der Waals surface area contributed by atoms with Crippen molar-refractivity contribution in [2.75, 3.05) is 45.7 Å². The second kappa shape index (κ2) is 9.43. The average Bonchev–Trinajstić information content (AvgIpc) is 2.74. The highest BCUT2D eigenvalue weighted by Gasteiger charge is 2.21. The van der Waals surface area contributed by atoms with Gasteiger partial charge in [0.1, 0.15) is 0 Å². The Balaban J connectivity index is 1.51. The van der Waals surface area contributed by atoms with Crippen molar-refractivity contribution < 1.29 is 19.1 Å². The number of urea groups is 1. The van der Waals surface area contributed by atoms with E-state index in [2.05, 4.69) is 10.2 Å². The molecule has 0 spiro atoms. The first-order valence-corrected chi connectivity index (χ1v) is 9.60. The normalized spacial score (nSPS) is 14.4.